The minimum Gasteiger partial charge on any atom is -0.383 e. The first-order chi connectivity index (χ1) is 14.5. The van der Waals surface area contributed by atoms with Crippen LogP contribution in [0.3, 0.4) is 0 Å². The maximum atomic E-state index is 8.00. The molecule has 1 fully saturated rings. The molecule has 1 aromatic heterocycles. The molecule has 30 heavy (non-hydrogen) atoms. The van der Waals surface area contributed by atoms with E-state index in [1.165, 1.54) is 48.0 Å². The molecule has 2 aliphatic rings. The Bertz CT molecular complexity index is 987. The summed E-state index contributed by atoms with van der Waals surface area (Å²) >= 11 is 0. The number of benzene rings is 1. The maximum Gasteiger partial charge on any atom is 0.140 e. The summed E-state index contributed by atoms with van der Waals surface area (Å²) in [4.78, 5) is 10.7. The lowest BCUT2D eigenvalue weighted by Crippen LogP contribution is -2.41. The Hall–Kier alpha value is -3.15. The van der Waals surface area contributed by atoms with E-state index in [9.17, 15) is 0 Å². The van der Waals surface area contributed by atoms with E-state index in [0.717, 1.165) is 5.70 Å². The summed E-state index contributed by atoms with van der Waals surface area (Å²) < 4.78 is 0. The van der Waals surface area contributed by atoms with Gasteiger partial charge in [-0.2, -0.15) is 0 Å². The Morgan fingerprint density at radius 1 is 1.30 bits per heavy atom. The van der Waals surface area contributed by atoms with Gasteiger partial charge in [0.15, 0.2) is 0 Å². The fourth-order valence-electron chi connectivity index (χ4n) is 4.06. The van der Waals surface area contributed by atoms with Gasteiger partial charge in [0.1, 0.15) is 18.0 Å². The number of nitrogens with two attached hydrogens (primary N) is 1. The lowest BCUT2D eigenvalue weighted by molar-refractivity contribution is 0.235. The van der Waals surface area contributed by atoms with Crippen molar-refractivity contribution in [3.05, 3.63) is 59.1 Å². The number of hydrogen-bond acceptors (Lipinski definition) is 6. The summed E-state index contributed by atoms with van der Waals surface area (Å²) in [5.74, 6) is 0.916. The lowest BCUT2D eigenvalue weighted by Gasteiger charge is -2.44. The van der Waals surface area contributed by atoms with Gasteiger partial charge in [-0.25, -0.2) is 9.97 Å². The van der Waals surface area contributed by atoms with E-state index in [1.807, 2.05) is 13.8 Å². The standard InChI is InChI=1S/C22H26N6.C2H6/c1-13-6-4-7-16-10-18(28(15(3)19(13)16)17-8-5-9-17)11-25-22-20(14(2)23)21(24)26-12-27-22;1-2/h4,6-7,10,12,17,23H,3,5,8-9,11H2,1-2H3,(H3,24,25,26,27);1-2H3. The fourth-order valence-corrected chi connectivity index (χ4v) is 4.06. The van der Waals surface area contributed by atoms with Crippen LogP contribution in [0.2, 0.25) is 0 Å². The van der Waals surface area contributed by atoms with Crippen molar-refractivity contribution in [2.45, 2.75) is 53.0 Å². The molecule has 0 amide bonds. The van der Waals surface area contributed by atoms with Gasteiger partial charge in [-0.1, -0.05) is 38.6 Å². The summed E-state index contributed by atoms with van der Waals surface area (Å²) in [7, 11) is 0. The number of aromatic nitrogens is 2. The second kappa shape index (κ2) is 9.11. The van der Waals surface area contributed by atoms with Crippen molar-refractivity contribution in [2.24, 2.45) is 0 Å². The highest BCUT2D eigenvalue weighted by molar-refractivity contribution is 6.04. The Labute approximate surface area is 179 Å². The first kappa shape index (κ1) is 21.6. The molecule has 2 aromatic rings. The number of anilines is 2. The number of rotatable bonds is 5. The van der Waals surface area contributed by atoms with Crippen molar-refractivity contribution in [1.29, 1.82) is 5.41 Å². The predicted molar refractivity (Wildman–Crippen MR) is 126 cm³/mol. The van der Waals surface area contributed by atoms with Crippen LogP contribution < -0.4 is 11.1 Å². The Morgan fingerprint density at radius 2 is 2.03 bits per heavy atom. The van der Waals surface area contributed by atoms with E-state index in [-0.39, 0.29) is 0 Å². The quantitative estimate of drug-likeness (QED) is 0.605. The van der Waals surface area contributed by atoms with Crippen LogP contribution in [0.5, 0.6) is 0 Å². The second-order valence-corrected chi connectivity index (χ2v) is 7.54. The molecule has 0 bridgehead atoms. The van der Waals surface area contributed by atoms with E-state index in [0.29, 0.717) is 35.5 Å². The van der Waals surface area contributed by atoms with Gasteiger partial charge in [-0.3, -0.25) is 0 Å². The van der Waals surface area contributed by atoms with Gasteiger partial charge in [0.25, 0.3) is 0 Å². The van der Waals surface area contributed by atoms with E-state index in [1.54, 1.807) is 6.92 Å². The van der Waals surface area contributed by atoms with Crippen molar-refractivity contribution in [3.8, 4) is 0 Å². The van der Waals surface area contributed by atoms with Gasteiger partial charge < -0.3 is 21.4 Å². The first-order valence-electron chi connectivity index (χ1n) is 10.7. The molecule has 6 heteroatoms. The SMILES string of the molecule is C=C1c2c(C)cccc2C=C(CNc2ncnc(N)c2C(C)=N)N1C1CCC1.CC. The van der Waals surface area contributed by atoms with Gasteiger partial charge in [0.05, 0.1) is 12.1 Å². The van der Waals surface area contributed by atoms with Gasteiger partial charge in [0, 0.05) is 28.7 Å². The molecule has 1 saturated carbocycles. The number of nitrogen functional groups attached to an aromatic ring is 1. The highest BCUT2D eigenvalue weighted by atomic mass is 15.2. The average molecular weight is 405 g/mol. The van der Waals surface area contributed by atoms with Crippen molar-refractivity contribution < 1.29 is 0 Å². The molecule has 0 saturated heterocycles. The lowest BCUT2D eigenvalue weighted by atomic mass is 9.86. The summed E-state index contributed by atoms with van der Waals surface area (Å²) in [5, 5.41) is 11.4. The van der Waals surface area contributed by atoms with Crippen LogP contribution in [0.25, 0.3) is 11.8 Å². The van der Waals surface area contributed by atoms with Crippen LogP contribution >= 0.6 is 0 Å². The topological polar surface area (TPSA) is 90.9 Å². The zero-order valence-electron chi connectivity index (χ0n) is 18.4. The molecule has 0 spiro atoms. The van der Waals surface area contributed by atoms with Gasteiger partial charge >= 0.3 is 0 Å². The largest absolute Gasteiger partial charge is 0.383 e. The number of nitrogens with one attached hydrogen (secondary N) is 2. The second-order valence-electron chi connectivity index (χ2n) is 7.54. The normalized spacial score (nSPS) is 15.4. The third kappa shape index (κ3) is 3.95. The summed E-state index contributed by atoms with van der Waals surface area (Å²) in [6.45, 7) is 12.9. The Kier molecular flexibility index (Phi) is 6.55. The molecule has 1 aliphatic heterocycles. The van der Waals surface area contributed by atoms with Gasteiger partial charge in [-0.15, -0.1) is 0 Å². The van der Waals surface area contributed by atoms with Crippen LogP contribution in [0, 0.1) is 12.3 Å². The molecule has 1 aliphatic carbocycles. The van der Waals surface area contributed by atoms with E-state index in [4.69, 9.17) is 11.1 Å². The van der Waals surface area contributed by atoms with E-state index in [2.05, 4.69) is 58.0 Å². The van der Waals surface area contributed by atoms with Crippen LogP contribution in [0.4, 0.5) is 11.6 Å². The van der Waals surface area contributed by atoms with Crippen LogP contribution in [-0.4, -0.2) is 33.2 Å². The third-order valence-electron chi connectivity index (χ3n) is 5.64. The molecule has 158 valence electrons. The number of aryl methyl sites for hydroxylation is 1. The average Bonchev–Trinajstić information content (AvgIpc) is 2.68. The molecule has 6 nitrogen and oxygen atoms in total. The van der Waals surface area contributed by atoms with Gasteiger partial charge in [-0.05, 0) is 50.3 Å². The highest BCUT2D eigenvalue weighted by Crippen LogP contribution is 2.40. The third-order valence-corrected chi connectivity index (χ3v) is 5.64. The zero-order chi connectivity index (χ0) is 21.8. The van der Waals surface area contributed by atoms with E-state index < -0.39 is 0 Å². The zero-order valence-corrected chi connectivity index (χ0v) is 18.4. The van der Waals surface area contributed by atoms with Gasteiger partial charge in [0.2, 0.25) is 0 Å². The molecular formula is C24H32N6. The molecule has 4 N–H and O–H groups in total. The van der Waals surface area contributed by atoms with Crippen LogP contribution in [-0.2, 0) is 0 Å². The number of fused-ring (bicyclic) bond motifs is 1. The Balaban J connectivity index is 0.00000124. The predicted octanol–water partition coefficient (Wildman–Crippen LogP) is 5.07. The van der Waals surface area contributed by atoms with E-state index >= 15 is 0 Å². The summed E-state index contributed by atoms with van der Waals surface area (Å²) in [6, 6.07) is 6.86. The fraction of sp³-hybridized carbons (Fsp3) is 0.375. The molecule has 1 aromatic carbocycles. The number of nitrogens with zero attached hydrogens (tertiary/aromatic N) is 3. The highest BCUT2D eigenvalue weighted by Gasteiger charge is 2.32. The van der Waals surface area contributed by atoms with Crippen molar-refractivity contribution in [2.75, 3.05) is 17.6 Å². The molecular weight excluding hydrogens is 372 g/mol. The van der Waals surface area contributed by atoms with Crippen LogP contribution in [0.1, 0.15) is 62.3 Å². The molecule has 0 radical (unpaired) electrons. The monoisotopic (exact) mass is 404 g/mol. The summed E-state index contributed by atoms with van der Waals surface area (Å²) in [6.07, 6.45) is 7.30. The van der Waals surface area contributed by atoms with Crippen molar-refractivity contribution in [3.63, 3.8) is 0 Å². The van der Waals surface area contributed by atoms with Crippen LogP contribution in [0.15, 0.2) is 36.8 Å². The Morgan fingerprint density at radius 3 is 2.67 bits per heavy atom. The summed E-state index contributed by atoms with van der Waals surface area (Å²) in [5.41, 5.74) is 12.8. The molecule has 4 rings (SSSR count). The minimum absolute atomic E-state index is 0.323. The molecule has 2 heterocycles. The molecule has 0 unspecified atom stereocenters. The molecule has 0 atom stereocenters. The smallest absolute Gasteiger partial charge is 0.140 e. The first-order valence-corrected chi connectivity index (χ1v) is 10.7. The van der Waals surface area contributed by atoms with Crippen molar-refractivity contribution >= 4 is 29.1 Å². The maximum absolute atomic E-state index is 8.00. The minimum atomic E-state index is 0.323. The van der Waals surface area contributed by atoms with Crippen molar-refractivity contribution in [1.82, 2.24) is 14.9 Å². The number of hydrogen-bond donors (Lipinski definition) is 3.